The zero-order chi connectivity index (χ0) is 22.5. The van der Waals surface area contributed by atoms with E-state index >= 15 is 0 Å². The van der Waals surface area contributed by atoms with E-state index in [1.165, 1.54) is 5.56 Å². The fourth-order valence-corrected chi connectivity index (χ4v) is 4.79. The SMILES string of the molecule is CC(=O)N1CCC(n2cc(-c3cnc(N)c4oc(-c5ccc6c(c5)C=NC6)cc34)cn2)CC1. The summed E-state index contributed by atoms with van der Waals surface area (Å²) in [5, 5.41) is 5.54. The molecule has 0 saturated carbocycles. The second kappa shape index (κ2) is 7.58. The molecule has 0 aliphatic carbocycles. The summed E-state index contributed by atoms with van der Waals surface area (Å²) >= 11 is 0. The molecule has 5 heterocycles. The summed E-state index contributed by atoms with van der Waals surface area (Å²) in [6.45, 7) is 3.88. The highest BCUT2D eigenvalue weighted by Crippen LogP contribution is 2.37. The van der Waals surface area contributed by atoms with Crippen LogP contribution in [0.4, 0.5) is 5.82 Å². The van der Waals surface area contributed by atoms with Gasteiger partial charge in [0, 0.05) is 60.7 Å². The third kappa shape index (κ3) is 3.38. The number of amides is 1. The lowest BCUT2D eigenvalue weighted by molar-refractivity contribution is -0.130. The third-order valence-corrected chi connectivity index (χ3v) is 6.71. The standard InChI is InChI=1S/C25H24N6O2/c1-15(32)30-6-4-20(5-7-30)31-14-19(12-29-31)22-13-28-25(26)24-21(22)9-23(33-24)16-2-3-17-10-27-11-18(17)8-16/h2-3,8-9,11-14,20H,4-7,10H2,1H3,(H2,26,28). The minimum atomic E-state index is 0.136. The molecule has 1 amide bonds. The molecule has 8 heteroatoms. The Labute approximate surface area is 190 Å². The fourth-order valence-electron chi connectivity index (χ4n) is 4.79. The molecule has 0 bridgehead atoms. The van der Waals surface area contributed by atoms with Crippen molar-refractivity contribution >= 4 is 28.9 Å². The number of likely N-dealkylation sites (tertiary alicyclic amines) is 1. The largest absolute Gasteiger partial charge is 0.452 e. The van der Waals surface area contributed by atoms with Crippen molar-refractivity contribution in [2.45, 2.75) is 32.4 Å². The van der Waals surface area contributed by atoms with Gasteiger partial charge in [-0.15, -0.1) is 0 Å². The van der Waals surface area contributed by atoms with Gasteiger partial charge in [0.25, 0.3) is 0 Å². The summed E-state index contributed by atoms with van der Waals surface area (Å²) in [4.78, 5) is 22.2. The molecular formula is C25H24N6O2. The molecule has 166 valence electrons. The van der Waals surface area contributed by atoms with Crippen LogP contribution in [0.15, 0.2) is 52.3 Å². The van der Waals surface area contributed by atoms with Crippen LogP contribution < -0.4 is 5.73 Å². The lowest BCUT2D eigenvalue weighted by Gasteiger charge is -2.31. The maximum absolute atomic E-state index is 11.6. The Bertz CT molecular complexity index is 1410. The van der Waals surface area contributed by atoms with Crippen LogP contribution in [0.5, 0.6) is 0 Å². The first-order valence-corrected chi connectivity index (χ1v) is 11.2. The topological polar surface area (TPSA) is 103 Å². The number of carbonyl (C=O) groups is 1. The first kappa shape index (κ1) is 19.7. The number of anilines is 1. The van der Waals surface area contributed by atoms with Crippen molar-refractivity contribution in [1.29, 1.82) is 0 Å². The Morgan fingerprint density at radius 2 is 2.00 bits per heavy atom. The molecule has 0 spiro atoms. The van der Waals surface area contributed by atoms with Crippen LogP contribution in [-0.2, 0) is 11.3 Å². The van der Waals surface area contributed by atoms with Crippen LogP contribution in [-0.4, -0.2) is 44.9 Å². The van der Waals surface area contributed by atoms with Gasteiger partial charge in [-0.05, 0) is 36.1 Å². The summed E-state index contributed by atoms with van der Waals surface area (Å²) in [5.74, 6) is 1.25. The number of aromatic nitrogens is 3. The smallest absolute Gasteiger partial charge is 0.219 e. The van der Waals surface area contributed by atoms with Gasteiger partial charge in [-0.1, -0.05) is 12.1 Å². The number of fused-ring (bicyclic) bond motifs is 2. The van der Waals surface area contributed by atoms with Crippen molar-refractivity contribution in [2.75, 3.05) is 18.8 Å². The molecule has 1 aromatic carbocycles. The Morgan fingerprint density at radius 1 is 1.15 bits per heavy atom. The lowest BCUT2D eigenvalue weighted by atomic mass is 10.0. The van der Waals surface area contributed by atoms with Crippen LogP contribution in [0.1, 0.15) is 36.9 Å². The van der Waals surface area contributed by atoms with Gasteiger partial charge >= 0.3 is 0 Å². The van der Waals surface area contributed by atoms with Gasteiger partial charge in [0.2, 0.25) is 5.91 Å². The molecule has 8 nitrogen and oxygen atoms in total. The number of nitrogen functional groups attached to an aromatic ring is 1. The number of piperidine rings is 1. The Hall–Kier alpha value is -3.94. The molecule has 4 aromatic rings. The van der Waals surface area contributed by atoms with Crippen molar-refractivity contribution in [1.82, 2.24) is 19.7 Å². The second-order valence-corrected chi connectivity index (χ2v) is 8.74. The normalized spacial score (nSPS) is 16.0. The van der Waals surface area contributed by atoms with Gasteiger partial charge in [0.1, 0.15) is 5.76 Å². The predicted molar refractivity (Wildman–Crippen MR) is 127 cm³/mol. The molecule has 0 atom stereocenters. The molecule has 33 heavy (non-hydrogen) atoms. The van der Waals surface area contributed by atoms with Gasteiger partial charge in [0.05, 0.1) is 18.8 Å². The van der Waals surface area contributed by atoms with Crippen molar-refractivity contribution < 1.29 is 9.21 Å². The van der Waals surface area contributed by atoms with Gasteiger partial charge in [-0.3, -0.25) is 14.5 Å². The molecule has 2 aliphatic rings. The molecule has 2 aliphatic heterocycles. The van der Waals surface area contributed by atoms with Crippen molar-refractivity contribution in [3.05, 3.63) is 54.0 Å². The number of hydrogen-bond acceptors (Lipinski definition) is 6. The first-order valence-electron chi connectivity index (χ1n) is 11.2. The predicted octanol–water partition coefficient (Wildman–Crippen LogP) is 4.06. The molecule has 1 fully saturated rings. The average Bonchev–Trinajstić information content (AvgIpc) is 3.58. The van der Waals surface area contributed by atoms with Crippen LogP contribution in [0, 0.1) is 0 Å². The monoisotopic (exact) mass is 440 g/mol. The van der Waals surface area contributed by atoms with Gasteiger partial charge < -0.3 is 15.1 Å². The van der Waals surface area contributed by atoms with E-state index in [9.17, 15) is 4.79 Å². The number of nitrogens with zero attached hydrogens (tertiary/aromatic N) is 5. The molecule has 0 unspecified atom stereocenters. The fraction of sp³-hybridized carbons (Fsp3) is 0.280. The van der Waals surface area contributed by atoms with E-state index in [2.05, 4.69) is 39.5 Å². The summed E-state index contributed by atoms with van der Waals surface area (Å²) in [6, 6.07) is 8.55. The van der Waals surface area contributed by atoms with Gasteiger partial charge in [0.15, 0.2) is 11.4 Å². The number of benzene rings is 1. The highest BCUT2D eigenvalue weighted by Gasteiger charge is 2.23. The lowest BCUT2D eigenvalue weighted by Crippen LogP contribution is -2.37. The van der Waals surface area contributed by atoms with Crippen LogP contribution in [0.3, 0.4) is 0 Å². The van der Waals surface area contributed by atoms with Crippen LogP contribution in [0.2, 0.25) is 0 Å². The Balaban J connectivity index is 1.34. The number of furan rings is 1. The number of pyridine rings is 1. The van der Waals surface area contributed by atoms with Gasteiger partial charge in [-0.25, -0.2) is 4.98 Å². The third-order valence-electron chi connectivity index (χ3n) is 6.71. The van der Waals surface area contributed by atoms with E-state index in [1.54, 1.807) is 13.1 Å². The molecule has 1 saturated heterocycles. The Morgan fingerprint density at radius 3 is 2.82 bits per heavy atom. The summed E-state index contributed by atoms with van der Waals surface area (Å²) in [6.07, 6.45) is 9.40. The first-order chi connectivity index (χ1) is 16.1. The minimum Gasteiger partial charge on any atom is -0.452 e. The number of carbonyl (C=O) groups excluding carboxylic acids is 1. The van der Waals surface area contributed by atoms with Crippen molar-refractivity contribution in [3.63, 3.8) is 0 Å². The number of rotatable bonds is 3. The maximum Gasteiger partial charge on any atom is 0.219 e. The molecule has 0 radical (unpaired) electrons. The maximum atomic E-state index is 11.6. The summed E-state index contributed by atoms with van der Waals surface area (Å²) in [5.41, 5.74) is 12.0. The summed E-state index contributed by atoms with van der Waals surface area (Å²) in [7, 11) is 0. The second-order valence-electron chi connectivity index (χ2n) is 8.74. The van der Waals surface area contributed by atoms with Crippen LogP contribution in [0.25, 0.3) is 33.4 Å². The van der Waals surface area contributed by atoms with Gasteiger partial charge in [-0.2, -0.15) is 5.10 Å². The molecule has 3 aromatic heterocycles. The molecular weight excluding hydrogens is 416 g/mol. The molecule has 2 N–H and O–H groups in total. The van der Waals surface area contributed by atoms with E-state index in [-0.39, 0.29) is 11.9 Å². The number of hydrogen-bond donors (Lipinski definition) is 1. The van der Waals surface area contributed by atoms with E-state index in [4.69, 9.17) is 10.2 Å². The zero-order valence-corrected chi connectivity index (χ0v) is 18.4. The summed E-state index contributed by atoms with van der Waals surface area (Å²) < 4.78 is 8.18. The Kier molecular flexibility index (Phi) is 4.53. The van der Waals surface area contributed by atoms with E-state index in [0.29, 0.717) is 11.4 Å². The highest BCUT2D eigenvalue weighted by molar-refractivity contribution is 6.00. The number of nitrogens with two attached hydrogens (primary N) is 1. The van der Waals surface area contributed by atoms with E-state index < -0.39 is 0 Å². The minimum absolute atomic E-state index is 0.136. The zero-order valence-electron chi connectivity index (χ0n) is 18.4. The van der Waals surface area contributed by atoms with Crippen molar-refractivity contribution in [2.24, 2.45) is 4.99 Å². The number of aliphatic imine (C=N–C) groups is 1. The average molecular weight is 441 g/mol. The van der Waals surface area contributed by atoms with E-state index in [0.717, 1.165) is 65.9 Å². The molecule has 6 rings (SSSR count). The van der Waals surface area contributed by atoms with Crippen LogP contribution >= 0.6 is 0 Å². The van der Waals surface area contributed by atoms with E-state index in [1.807, 2.05) is 28.1 Å². The van der Waals surface area contributed by atoms with Crippen molar-refractivity contribution in [3.8, 4) is 22.5 Å². The highest BCUT2D eigenvalue weighted by atomic mass is 16.3. The quantitative estimate of drug-likeness (QED) is 0.518.